The summed E-state index contributed by atoms with van der Waals surface area (Å²) in [6, 6.07) is 12.1. The Morgan fingerprint density at radius 3 is 2.87 bits per heavy atom. The molecule has 1 aromatic heterocycles. The molecule has 0 aliphatic heterocycles. The van der Waals surface area contributed by atoms with E-state index < -0.39 is 0 Å². The molecule has 5 nitrogen and oxygen atoms in total. The number of halogens is 1. The van der Waals surface area contributed by atoms with Crippen LogP contribution < -0.4 is 5.43 Å². The molecule has 116 valence electrons. The number of carbonyl (C=O) groups excluding carboxylic acids is 1. The molecule has 0 saturated carbocycles. The van der Waals surface area contributed by atoms with E-state index in [-0.39, 0.29) is 11.7 Å². The van der Waals surface area contributed by atoms with Crippen LogP contribution in [-0.4, -0.2) is 22.2 Å². The number of carbonyl (C=O) groups is 1. The molecule has 0 spiro atoms. The number of amides is 1. The molecule has 0 aliphatic rings. The summed E-state index contributed by atoms with van der Waals surface area (Å²) in [5, 5.41) is 15.0. The molecular formula is C17H14ClN3O2. The van der Waals surface area contributed by atoms with Gasteiger partial charge in [-0.05, 0) is 42.8 Å². The van der Waals surface area contributed by atoms with Crippen LogP contribution in [-0.2, 0) is 0 Å². The number of hydrazone groups is 1. The van der Waals surface area contributed by atoms with Crippen LogP contribution >= 0.6 is 11.6 Å². The minimum absolute atomic E-state index is 0.0990. The number of H-pyrrole nitrogens is 1. The van der Waals surface area contributed by atoms with E-state index in [0.717, 1.165) is 16.5 Å². The number of aromatic amines is 1. The first-order chi connectivity index (χ1) is 11.1. The van der Waals surface area contributed by atoms with Crippen molar-refractivity contribution in [1.29, 1.82) is 0 Å². The van der Waals surface area contributed by atoms with Crippen molar-refractivity contribution >= 4 is 34.6 Å². The second kappa shape index (κ2) is 6.14. The van der Waals surface area contributed by atoms with Gasteiger partial charge in [0.05, 0.1) is 6.21 Å². The van der Waals surface area contributed by atoms with Crippen molar-refractivity contribution in [3.63, 3.8) is 0 Å². The number of aromatic nitrogens is 1. The van der Waals surface area contributed by atoms with E-state index >= 15 is 0 Å². The first kappa shape index (κ1) is 15.1. The molecule has 0 radical (unpaired) electrons. The van der Waals surface area contributed by atoms with Gasteiger partial charge in [0.25, 0.3) is 5.91 Å². The summed E-state index contributed by atoms with van der Waals surface area (Å²) in [7, 11) is 0. The summed E-state index contributed by atoms with van der Waals surface area (Å²) in [6.45, 7) is 1.84. The molecule has 1 amide bonds. The highest BCUT2D eigenvalue weighted by Crippen LogP contribution is 2.24. The molecule has 0 saturated heterocycles. The molecule has 6 heteroatoms. The number of aryl methyl sites for hydroxylation is 1. The number of rotatable bonds is 3. The van der Waals surface area contributed by atoms with Crippen LogP contribution in [0.25, 0.3) is 10.9 Å². The maximum Gasteiger partial charge on any atom is 0.288 e. The molecular weight excluding hydrogens is 314 g/mol. The molecule has 0 aliphatic carbocycles. The van der Waals surface area contributed by atoms with Gasteiger partial charge in [-0.15, -0.1) is 0 Å². The number of benzene rings is 2. The Kier molecular flexibility index (Phi) is 4.04. The highest BCUT2D eigenvalue weighted by atomic mass is 35.5. The third-order valence-electron chi connectivity index (χ3n) is 3.55. The monoisotopic (exact) mass is 327 g/mol. The van der Waals surface area contributed by atoms with Crippen LogP contribution in [0.4, 0.5) is 0 Å². The van der Waals surface area contributed by atoms with Crippen LogP contribution in [0.5, 0.6) is 5.75 Å². The molecule has 2 aromatic carbocycles. The molecule has 3 aromatic rings. The van der Waals surface area contributed by atoms with Gasteiger partial charge in [0, 0.05) is 21.5 Å². The lowest BCUT2D eigenvalue weighted by Crippen LogP contribution is -2.18. The van der Waals surface area contributed by atoms with Gasteiger partial charge in [-0.2, -0.15) is 5.10 Å². The lowest BCUT2D eigenvalue weighted by molar-refractivity contribution is 0.0950. The molecule has 3 N–H and O–H groups in total. The number of hydrogen-bond donors (Lipinski definition) is 3. The van der Waals surface area contributed by atoms with Gasteiger partial charge in [-0.25, -0.2) is 5.43 Å². The van der Waals surface area contributed by atoms with Gasteiger partial charge < -0.3 is 10.1 Å². The normalized spacial score (nSPS) is 11.2. The third kappa shape index (κ3) is 3.05. The smallest absolute Gasteiger partial charge is 0.288 e. The fraction of sp³-hybridized carbons (Fsp3) is 0.0588. The first-order valence-corrected chi connectivity index (χ1v) is 7.33. The van der Waals surface area contributed by atoms with E-state index in [4.69, 9.17) is 11.6 Å². The van der Waals surface area contributed by atoms with Crippen molar-refractivity contribution in [3.8, 4) is 5.75 Å². The number of para-hydroxylation sites is 1. The summed E-state index contributed by atoms with van der Waals surface area (Å²) < 4.78 is 0. The quantitative estimate of drug-likeness (QED) is 0.507. The van der Waals surface area contributed by atoms with Crippen molar-refractivity contribution in [2.45, 2.75) is 6.92 Å². The first-order valence-electron chi connectivity index (χ1n) is 6.95. The molecule has 0 fully saturated rings. The Balaban J connectivity index is 1.81. The van der Waals surface area contributed by atoms with E-state index in [0.29, 0.717) is 16.3 Å². The van der Waals surface area contributed by atoms with Crippen LogP contribution in [0.15, 0.2) is 47.6 Å². The minimum atomic E-state index is -0.360. The average Bonchev–Trinajstić information content (AvgIpc) is 2.86. The maximum atomic E-state index is 12.2. The lowest BCUT2D eigenvalue weighted by atomic mass is 10.1. The Morgan fingerprint density at radius 1 is 1.30 bits per heavy atom. The van der Waals surface area contributed by atoms with E-state index in [1.165, 1.54) is 6.21 Å². The zero-order chi connectivity index (χ0) is 16.4. The number of nitrogens with zero attached hydrogens (tertiary/aromatic N) is 1. The SMILES string of the molecule is Cc1c(C(=O)NN=Cc2ccccc2O)[nH]c2ccc(Cl)cc12. The second-order valence-corrected chi connectivity index (χ2v) is 5.51. The molecule has 0 atom stereocenters. The minimum Gasteiger partial charge on any atom is -0.507 e. The Hall–Kier alpha value is -2.79. The largest absolute Gasteiger partial charge is 0.507 e. The van der Waals surface area contributed by atoms with Crippen molar-refractivity contribution in [2.24, 2.45) is 5.10 Å². The highest BCUT2D eigenvalue weighted by molar-refractivity contribution is 6.31. The van der Waals surface area contributed by atoms with Crippen molar-refractivity contribution in [1.82, 2.24) is 10.4 Å². The molecule has 1 heterocycles. The molecule has 23 heavy (non-hydrogen) atoms. The van der Waals surface area contributed by atoms with E-state index in [1.807, 2.05) is 19.1 Å². The molecule has 0 unspecified atom stereocenters. The molecule has 3 rings (SSSR count). The fourth-order valence-corrected chi connectivity index (χ4v) is 2.51. The van der Waals surface area contributed by atoms with Crippen LogP contribution in [0.3, 0.4) is 0 Å². The van der Waals surface area contributed by atoms with Crippen molar-refractivity contribution < 1.29 is 9.90 Å². The average molecular weight is 328 g/mol. The summed E-state index contributed by atoms with van der Waals surface area (Å²) in [5.74, 6) is -0.261. The third-order valence-corrected chi connectivity index (χ3v) is 3.79. The van der Waals surface area contributed by atoms with E-state index in [1.54, 1.807) is 30.3 Å². The maximum absolute atomic E-state index is 12.2. The summed E-state index contributed by atoms with van der Waals surface area (Å²) in [6.07, 6.45) is 1.39. The van der Waals surface area contributed by atoms with E-state index in [2.05, 4.69) is 15.5 Å². The number of hydrogen-bond acceptors (Lipinski definition) is 3. The zero-order valence-electron chi connectivity index (χ0n) is 12.3. The fourth-order valence-electron chi connectivity index (χ4n) is 2.34. The van der Waals surface area contributed by atoms with Gasteiger partial charge in [0.2, 0.25) is 0 Å². The number of fused-ring (bicyclic) bond motifs is 1. The predicted octanol–water partition coefficient (Wildman–Crippen LogP) is 3.60. The number of phenolic OH excluding ortho intramolecular Hbond substituents is 1. The van der Waals surface area contributed by atoms with Gasteiger partial charge in [-0.3, -0.25) is 4.79 Å². The van der Waals surface area contributed by atoms with Gasteiger partial charge in [-0.1, -0.05) is 23.7 Å². The predicted molar refractivity (Wildman–Crippen MR) is 91.2 cm³/mol. The van der Waals surface area contributed by atoms with Crippen molar-refractivity contribution in [2.75, 3.05) is 0 Å². The standard InChI is InChI=1S/C17H14ClN3O2/c1-10-13-8-12(18)6-7-14(13)20-16(10)17(23)21-19-9-11-4-2-3-5-15(11)22/h2-9,20,22H,1H3,(H,21,23). The number of aromatic hydroxyl groups is 1. The van der Waals surface area contributed by atoms with Crippen LogP contribution in [0.1, 0.15) is 21.6 Å². The Labute approximate surface area is 137 Å². The van der Waals surface area contributed by atoms with Gasteiger partial charge >= 0.3 is 0 Å². The Bertz CT molecular complexity index is 915. The topological polar surface area (TPSA) is 77.5 Å². The zero-order valence-corrected chi connectivity index (χ0v) is 13.1. The van der Waals surface area contributed by atoms with Crippen LogP contribution in [0.2, 0.25) is 5.02 Å². The van der Waals surface area contributed by atoms with E-state index in [9.17, 15) is 9.90 Å². The lowest BCUT2D eigenvalue weighted by Gasteiger charge is -2.00. The Morgan fingerprint density at radius 2 is 2.09 bits per heavy atom. The highest BCUT2D eigenvalue weighted by Gasteiger charge is 2.14. The summed E-state index contributed by atoms with van der Waals surface area (Å²) >= 11 is 5.98. The van der Waals surface area contributed by atoms with Gasteiger partial charge in [0.1, 0.15) is 11.4 Å². The van der Waals surface area contributed by atoms with Gasteiger partial charge in [0.15, 0.2) is 0 Å². The molecule has 0 bridgehead atoms. The van der Waals surface area contributed by atoms with Crippen molar-refractivity contribution in [3.05, 3.63) is 64.3 Å². The summed E-state index contributed by atoms with van der Waals surface area (Å²) in [5.41, 5.74) is 5.03. The van der Waals surface area contributed by atoms with Crippen LogP contribution in [0, 0.1) is 6.92 Å². The number of nitrogens with one attached hydrogen (secondary N) is 2. The number of phenols is 1. The second-order valence-electron chi connectivity index (χ2n) is 5.07. The summed E-state index contributed by atoms with van der Waals surface area (Å²) in [4.78, 5) is 15.3.